The number of nitro benzene ring substituents is 1. The van der Waals surface area contributed by atoms with E-state index in [-0.39, 0.29) is 0 Å². The first-order valence-electron chi connectivity index (χ1n) is 6.65. The van der Waals surface area contributed by atoms with Crippen molar-refractivity contribution >= 4 is 5.69 Å². The molecule has 0 unspecified atom stereocenters. The molecule has 0 aliphatic rings. The van der Waals surface area contributed by atoms with Gasteiger partial charge >= 0.3 is 5.69 Å². The highest BCUT2D eigenvalue weighted by atomic mass is 19.1. The van der Waals surface area contributed by atoms with Gasteiger partial charge in [0, 0.05) is 18.2 Å². The molecule has 1 aromatic rings. The molecule has 0 aliphatic heterocycles. The molecule has 0 radical (unpaired) electrons. The van der Waals surface area contributed by atoms with E-state index in [4.69, 9.17) is 0 Å². The molecule has 106 valence electrons. The average Bonchev–Trinajstić information content (AvgIpc) is 2.34. The Morgan fingerprint density at radius 3 is 2.74 bits per heavy atom. The fourth-order valence-corrected chi connectivity index (χ4v) is 1.87. The molecule has 0 aromatic heterocycles. The van der Waals surface area contributed by atoms with Gasteiger partial charge in [0.2, 0.25) is 5.82 Å². The number of nitro groups is 1. The maximum Gasteiger partial charge on any atom is 0.305 e. The fourth-order valence-electron chi connectivity index (χ4n) is 1.87. The molecule has 0 saturated heterocycles. The summed E-state index contributed by atoms with van der Waals surface area (Å²) >= 11 is 0. The largest absolute Gasteiger partial charge is 0.313 e. The highest BCUT2D eigenvalue weighted by molar-refractivity contribution is 5.36. The van der Waals surface area contributed by atoms with E-state index in [1.54, 1.807) is 6.07 Å². The molecule has 0 spiro atoms. The lowest BCUT2D eigenvalue weighted by Gasteiger charge is -2.07. The lowest BCUT2D eigenvalue weighted by atomic mass is 10.1. The second-order valence-electron chi connectivity index (χ2n) is 5.07. The Kier molecular flexibility index (Phi) is 6.42. The third-order valence-electron chi connectivity index (χ3n) is 2.96. The monoisotopic (exact) mass is 268 g/mol. The van der Waals surface area contributed by atoms with Crippen molar-refractivity contribution in [3.63, 3.8) is 0 Å². The van der Waals surface area contributed by atoms with Crippen molar-refractivity contribution in [1.29, 1.82) is 0 Å². The summed E-state index contributed by atoms with van der Waals surface area (Å²) in [5, 5.41) is 13.7. The van der Waals surface area contributed by atoms with Crippen molar-refractivity contribution < 1.29 is 9.31 Å². The van der Waals surface area contributed by atoms with Gasteiger partial charge in [0.25, 0.3) is 0 Å². The van der Waals surface area contributed by atoms with Crippen LogP contribution in [0.5, 0.6) is 0 Å². The SMILES string of the molecule is CC(C)CCCCNCc1cccc([N+](=O)[O-])c1F. The molecule has 1 aromatic carbocycles. The van der Waals surface area contributed by atoms with Crippen molar-refractivity contribution in [2.24, 2.45) is 5.92 Å². The van der Waals surface area contributed by atoms with Crippen molar-refractivity contribution in [2.45, 2.75) is 39.7 Å². The van der Waals surface area contributed by atoms with Gasteiger partial charge in [-0.25, -0.2) is 0 Å². The van der Waals surface area contributed by atoms with Gasteiger partial charge in [-0.1, -0.05) is 38.8 Å². The van der Waals surface area contributed by atoms with E-state index < -0.39 is 16.4 Å². The number of nitrogens with zero attached hydrogens (tertiary/aromatic N) is 1. The second kappa shape index (κ2) is 7.84. The Morgan fingerprint density at radius 2 is 2.11 bits per heavy atom. The highest BCUT2D eigenvalue weighted by Gasteiger charge is 2.16. The Morgan fingerprint density at radius 1 is 1.37 bits per heavy atom. The number of unbranched alkanes of at least 4 members (excludes halogenated alkanes) is 1. The third-order valence-corrected chi connectivity index (χ3v) is 2.96. The first-order chi connectivity index (χ1) is 9.02. The summed E-state index contributed by atoms with van der Waals surface area (Å²) in [6.45, 7) is 5.50. The van der Waals surface area contributed by atoms with E-state index in [0.717, 1.165) is 19.4 Å². The molecular weight excluding hydrogens is 247 g/mol. The van der Waals surface area contributed by atoms with E-state index >= 15 is 0 Å². The van der Waals surface area contributed by atoms with Crippen molar-refractivity contribution in [3.8, 4) is 0 Å². The van der Waals surface area contributed by atoms with Crippen LogP contribution >= 0.6 is 0 Å². The van der Waals surface area contributed by atoms with Gasteiger partial charge in [0.15, 0.2) is 0 Å². The van der Waals surface area contributed by atoms with E-state index in [1.165, 1.54) is 18.6 Å². The lowest BCUT2D eigenvalue weighted by Crippen LogP contribution is -2.16. The molecule has 0 amide bonds. The van der Waals surface area contributed by atoms with E-state index in [1.807, 2.05) is 0 Å². The molecular formula is C14H21FN2O2. The third kappa shape index (κ3) is 5.34. The molecule has 0 heterocycles. The van der Waals surface area contributed by atoms with Gasteiger partial charge in [-0.05, 0) is 18.9 Å². The minimum absolute atomic E-state index is 0.329. The van der Waals surface area contributed by atoms with Crippen LogP contribution < -0.4 is 5.32 Å². The van der Waals surface area contributed by atoms with Crippen LogP contribution in [0.3, 0.4) is 0 Å². The standard InChI is InChI=1S/C14H21FN2O2/c1-11(2)6-3-4-9-16-10-12-7-5-8-13(14(12)15)17(18)19/h5,7-8,11,16H,3-4,6,9-10H2,1-2H3. The normalized spacial score (nSPS) is 10.9. The molecule has 1 rings (SSSR count). The highest BCUT2D eigenvalue weighted by Crippen LogP contribution is 2.19. The van der Waals surface area contributed by atoms with Crippen molar-refractivity contribution in [3.05, 3.63) is 39.7 Å². The second-order valence-corrected chi connectivity index (χ2v) is 5.07. The Labute approximate surface area is 113 Å². The van der Waals surface area contributed by atoms with Crippen LogP contribution in [0.15, 0.2) is 18.2 Å². The molecule has 0 atom stereocenters. The van der Waals surface area contributed by atoms with Crippen LogP contribution in [0.2, 0.25) is 0 Å². The van der Waals surface area contributed by atoms with E-state index in [2.05, 4.69) is 19.2 Å². The van der Waals surface area contributed by atoms with Crippen LogP contribution in [0.25, 0.3) is 0 Å². The zero-order valence-corrected chi connectivity index (χ0v) is 11.5. The first kappa shape index (κ1) is 15.6. The number of rotatable bonds is 8. The van der Waals surface area contributed by atoms with Crippen LogP contribution in [0, 0.1) is 21.8 Å². The zero-order chi connectivity index (χ0) is 14.3. The summed E-state index contributed by atoms with van der Waals surface area (Å²) in [5.41, 5.74) is -0.114. The lowest BCUT2D eigenvalue weighted by molar-refractivity contribution is -0.387. The smallest absolute Gasteiger partial charge is 0.305 e. The van der Waals surface area contributed by atoms with Crippen LogP contribution in [-0.4, -0.2) is 11.5 Å². The zero-order valence-electron chi connectivity index (χ0n) is 11.5. The van der Waals surface area contributed by atoms with Crippen LogP contribution in [-0.2, 0) is 6.54 Å². The van der Waals surface area contributed by atoms with Gasteiger partial charge in [-0.3, -0.25) is 10.1 Å². The minimum atomic E-state index is -0.734. The van der Waals surface area contributed by atoms with Crippen molar-refractivity contribution in [2.75, 3.05) is 6.54 Å². The van der Waals surface area contributed by atoms with Gasteiger partial charge < -0.3 is 5.32 Å². The summed E-state index contributed by atoms with van der Waals surface area (Å²) in [6.07, 6.45) is 3.36. The van der Waals surface area contributed by atoms with Gasteiger partial charge in [0.05, 0.1) is 4.92 Å². The fraction of sp³-hybridized carbons (Fsp3) is 0.571. The molecule has 1 N–H and O–H groups in total. The van der Waals surface area contributed by atoms with E-state index in [9.17, 15) is 14.5 Å². The summed E-state index contributed by atoms with van der Waals surface area (Å²) in [4.78, 5) is 9.91. The maximum atomic E-state index is 13.7. The summed E-state index contributed by atoms with van der Waals surface area (Å²) < 4.78 is 13.7. The number of hydrogen-bond acceptors (Lipinski definition) is 3. The van der Waals surface area contributed by atoms with Gasteiger partial charge in [-0.15, -0.1) is 0 Å². The first-order valence-corrected chi connectivity index (χ1v) is 6.65. The molecule has 0 bridgehead atoms. The topological polar surface area (TPSA) is 55.2 Å². The van der Waals surface area contributed by atoms with E-state index in [0.29, 0.717) is 18.0 Å². The van der Waals surface area contributed by atoms with Crippen LogP contribution in [0.1, 0.15) is 38.7 Å². The van der Waals surface area contributed by atoms with Crippen LogP contribution in [0.4, 0.5) is 10.1 Å². The Bertz CT molecular complexity index is 422. The predicted molar refractivity (Wildman–Crippen MR) is 73.5 cm³/mol. The average molecular weight is 268 g/mol. The molecule has 0 fully saturated rings. The predicted octanol–water partition coefficient (Wildman–Crippen LogP) is 3.65. The Hall–Kier alpha value is -1.49. The quantitative estimate of drug-likeness (QED) is 0.445. The Balaban J connectivity index is 2.37. The molecule has 4 nitrogen and oxygen atoms in total. The molecule has 0 aliphatic carbocycles. The number of hydrogen-bond donors (Lipinski definition) is 1. The summed E-state index contributed by atoms with van der Waals surface area (Å²) in [7, 11) is 0. The number of nitrogens with one attached hydrogen (secondary N) is 1. The van der Waals surface area contributed by atoms with Crippen molar-refractivity contribution in [1.82, 2.24) is 5.32 Å². The molecule has 0 saturated carbocycles. The van der Waals surface area contributed by atoms with Gasteiger partial charge in [0.1, 0.15) is 0 Å². The molecule has 19 heavy (non-hydrogen) atoms. The van der Waals surface area contributed by atoms with Gasteiger partial charge in [-0.2, -0.15) is 4.39 Å². The number of benzene rings is 1. The maximum absolute atomic E-state index is 13.7. The minimum Gasteiger partial charge on any atom is -0.313 e. The summed E-state index contributed by atoms with van der Waals surface area (Å²) in [6, 6.07) is 4.27. The molecule has 5 heteroatoms. The summed E-state index contributed by atoms with van der Waals surface area (Å²) in [5.74, 6) is -0.0311. The number of halogens is 1.